The van der Waals surface area contributed by atoms with Gasteiger partial charge in [-0.3, -0.25) is 4.79 Å². The molecule has 0 saturated carbocycles. The van der Waals surface area contributed by atoms with Crippen molar-refractivity contribution in [3.63, 3.8) is 0 Å². The SMILES string of the molecule is CCOc1cc(/C=N\NC(=O)COc2c(C)ccc(C)c2C)cc(I)c1O. The molecule has 0 radical (unpaired) electrons. The predicted octanol–water partition coefficient (Wildman–Crippen LogP) is 3.85. The number of phenols is 1. The molecule has 0 heterocycles. The van der Waals surface area contributed by atoms with Crippen molar-refractivity contribution in [2.75, 3.05) is 13.2 Å². The Morgan fingerprint density at radius 2 is 1.93 bits per heavy atom. The summed E-state index contributed by atoms with van der Waals surface area (Å²) in [7, 11) is 0. The van der Waals surface area contributed by atoms with Crippen LogP contribution < -0.4 is 14.9 Å². The van der Waals surface area contributed by atoms with Crippen molar-refractivity contribution in [3.8, 4) is 17.2 Å². The van der Waals surface area contributed by atoms with Gasteiger partial charge in [0.1, 0.15) is 5.75 Å². The van der Waals surface area contributed by atoms with Crippen molar-refractivity contribution in [3.05, 3.63) is 50.1 Å². The van der Waals surface area contributed by atoms with Gasteiger partial charge in [0.2, 0.25) is 0 Å². The molecule has 0 aliphatic rings. The molecule has 0 unspecified atom stereocenters. The Balaban J connectivity index is 1.97. The van der Waals surface area contributed by atoms with E-state index in [4.69, 9.17) is 9.47 Å². The van der Waals surface area contributed by atoms with E-state index in [0.29, 0.717) is 21.5 Å². The lowest BCUT2D eigenvalue weighted by atomic mass is 10.1. The number of carbonyl (C=O) groups excluding carboxylic acids is 1. The van der Waals surface area contributed by atoms with Gasteiger partial charge >= 0.3 is 0 Å². The Morgan fingerprint density at radius 3 is 2.63 bits per heavy atom. The van der Waals surface area contributed by atoms with Crippen LogP contribution in [0.15, 0.2) is 29.4 Å². The highest BCUT2D eigenvalue weighted by Gasteiger charge is 2.10. The number of hydrogen-bond acceptors (Lipinski definition) is 5. The smallest absolute Gasteiger partial charge is 0.277 e. The fraction of sp³-hybridized carbons (Fsp3) is 0.300. The lowest BCUT2D eigenvalue weighted by Gasteiger charge is -2.13. The Hall–Kier alpha value is -2.29. The minimum atomic E-state index is -0.356. The first-order valence-corrected chi connectivity index (χ1v) is 9.58. The van der Waals surface area contributed by atoms with Gasteiger partial charge in [0, 0.05) is 0 Å². The Kier molecular flexibility index (Phi) is 7.46. The maximum atomic E-state index is 12.0. The van der Waals surface area contributed by atoms with E-state index >= 15 is 0 Å². The molecule has 6 nitrogen and oxygen atoms in total. The number of aromatic hydroxyl groups is 1. The van der Waals surface area contributed by atoms with Gasteiger partial charge in [-0.1, -0.05) is 12.1 Å². The first kappa shape index (κ1) is 21.0. The third-order valence-corrected chi connectivity index (χ3v) is 4.80. The molecular formula is C20H23IN2O4. The Bertz CT molecular complexity index is 866. The van der Waals surface area contributed by atoms with Crippen LogP contribution in [-0.2, 0) is 4.79 Å². The van der Waals surface area contributed by atoms with Crippen LogP contribution in [0.4, 0.5) is 0 Å². The van der Waals surface area contributed by atoms with Gasteiger partial charge in [0.25, 0.3) is 5.91 Å². The topological polar surface area (TPSA) is 80.2 Å². The van der Waals surface area contributed by atoms with Crippen molar-refractivity contribution >= 4 is 34.7 Å². The van der Waals surface area contributed by atoms with E-state index in [2.05, 4.69) is 10.5 Å². The van der Waals surface area contributed by atoms with Crippen molar-refractivity contribution in [2.45, 2.75) is 27.7 Å². The normalized spacial score (nSPS) is 10.9. The van der Waals surface area contributed by atoms with Crippen LogP contribution in [0.5, 0.6) is 17.2 Å². The summed E-state index contributed by atoms with van der Waals surface area (Å²) in [6, 6.07) is 7.39. The second-order valence-corrected chi connectivity index (χ2v) is 7.18. The number of phenolic OH excluding ortho intramolecular Hbond substituents is 1. The number of aryl methyl sites for hydroxylation is 2. The molecule has 0 spiro atoms. The standard InChI is InChI=1S/C20H23IN2O4/c1-5-26-17-9-15(8-16(21)19(17)25)10-22-23-18(24)11-27-20-13(3)7-6-12(2)14(20)4/h6-10,25H,5,11H2,1-4H3,(H,23,24)/b22-10-. The van der Waals surface area contributed by atoms with Gasteiger partial charge in [-0.2, -0.15) is 5.10 Å². The van der Waals surface area contributed by atoms with E-state index in [-0.39, 0.29) is 18.3 Å². The minimum Gasteiger partial charge on any atom is -0.504 e. The molecule has 0 aromatic heterocycles. The first-order chi connectivity index (χ1) is 12.8. The van der Waals surface area contributed by atoms with Gasteiger partial charge in [-0.15, -0.1) is 0 Å². The minimum absolute atomic E-state index is 0.0935. The molecule has 2 rings (SSSR count). The molecule has 2 aromatic carbocycles. The first-order valence-electron chi connectivity index (χ1n) is 8.50. The molecule has 144 valence electrons. The largest absolute Gasteiger partial charge is 0.504 e. The van der Waals surface area contributed by atoms with Crippen molar-refractivity contribution in [1.82, 2.24) is 5.43 Å². The summed E-state index contributed by atoms with van der Waals surface area (Å²) < 4.78 is 11.7. The maximum Gasteiger partial charge on any atom is 0.277 e. The third kappa shape index (κ3) is 5.59. The summed E-state index contributed by atoms with van der Waals surface area (Å²) in [4.78, 5) is 12.0. The number of ether oxygens (including phenoxy) is 2. The summed E-state index contributed by atoms with van der Waals surface area (Å²) in [6.45, 7) is 8.07. The predicted molar refractivity (Wildman–Crippen MR) is 114 cm³/mol. The number of hydrazone groups is 1. The second kappa shape index (κ2) is 9.59. The van der Waals surface area contributed by atoms with E-state index in [1.165, 1.54) is 6.21 Å². The lowest BCUT2D eigenvalue weighted by molar-refractivity contribution is -0.123. The molecule has 2 N–H and O–H groups in total. The van der Waals surface area contributed by atoms with E-state index < -0.39 is 0 Å². The maximum absolute atomic E-state index is 12.0. The Morgan fingerprint density at radius 1 is 1.22 bits per heavy atom. The van der Waals surface area contributed by atoms with E-state index in [0.717, 1.165) is 22.4 Å². The third-order valence-electron chi connectivity index (χ3n) is 3.97. The molecule has 2 aromatic rings. The molecule has 0 aliphatic carbocycles. The second-order valence-electron chi connectivity index (χ2n) is 6.02. The number of benzene rings is 2. The monoisotopic (exact) mass is 482 g/mol. The van der Waals surface area contributed by atoms with Crippen molar-refractivity contribution in [1.29, 1.82) is 0 Å². The summed E-state index contributed by atoms with van der Waals surface area (Å²) in [5.74, 6) is 0.843. The van der Waals surface area contributed by atoms with E-state index in [9.17, 15) is 9.90 Å². The summed E-state index contributed by atoms with van der Waals surface area (Å²) >= 11 is 2.01. The zero-order chi connectivity index (χ0) is 20.0. The highest BCUT2D eigenvalue weighted by molar-refractivity contribution is 14.1. The van der Waals surface area contributed by atoms with Gasteiger partial charge < -0.3 is 14.6 Å². The molecule has 0 bridgehead atoms. The molecule has 0 fully saturated rings. The van der Waals surface area contributed by atoms with Crippen LogP contribution >= 0.6 is 22.6 Å². The molecule has 0 atom stereocenters. The van der Waals surface area contributed by atoms with Gasteiger partial charge in [-0.05, 0) is 84.7 Å². The van der Waals surface area contributed by atoms with Gasteiger partial charge in [-0.25, -0.2) is 5.43 Å². The molecule has 27 heavy (non-hydrogen) atoms. The average Bonchev–Trinajstić information content (AvgIpc) is 2.62. The number of nitrogens with one attached hydrogen (secondary N) is 1. The number of carbonyl (C=O) groups is 1. The Labute approximate surface area is 172 Å². The van der Waals surface area contributed by atoms with Crippen LogP contribution in [-0.4, -0.2) is 30.4 Å². The number of amides is 1. The zero-order valence-corrected chi connectivity index (χ0v) is 18.0. The average molecular weight is 482 g/mol. The van der Waals surface area contributed by atoms with Crippen LogP contribution in [0.1, 0.15) is 29.2 Å². The molecule has 0 aliphatic heterocycles. The number of nitrogens with zero attached hydrogens (tertiary/aromatic N) is 1. The van der Waals surface area contributed by atoms with Crippen molar-refractivity contribution < 1.29 is 19.4 Å². The van der Waals surface area contributed by atoms with Gasteiger partial charge in [0.15, 0.2) is 18.1 Å². The highest BCUT2D eigenvalue weighted by Crippen LogP contribution is 2.32. The molecular weight excluding hydrogens is 459 g/mol. The van der Waals surface area contributed by atoms with Gasteiger partial charge in [0.05, 0.1) is 16.4 Å². The van der Waals surface area contributed by atoms with Crippen LogP contribution in [0.2, 0.25) is 0 Å². The molecule has 0 saturated heterocycles. The van der Waals surface area contributed by atoms with Crippen LogP contribution in [0.25, 0.3) is 0 Å². The zero-order valence-electron chi connectivity index (χ0n) is 15.8. The number of hydrogen-bond donors (Lipinski definition) is 2. The quantitative estimate of drug-likeness (QED) is 0.357. The van der Waals surface area contributed by atoms with Crippen molar-refractivity contribution in [2.24, 2.45) is 5.10 Å². The summed E-state index contributed by atoms with van der Waals surface area (Å²) in [6.07, 6.45) is 1.49. The highest BCUT2D eigenvalue weighted by atomic mass is 127. The van der Waals surface area contributed by atoms with Crippen LogP contribution in [0.3, 0.4) is 0 Å². The lowest BCUT2D eigenvalue weighted by Crippen LogP contribution is -2.25. The fourth-order valence-electron chi connectivity index (χ4n) is 2.43. The van der Waals surface area contributed by atoms with E-state index in [1.54, 1.807) is 12.1 Å². The summed E-state index contributed by atoms with van der Waals surface area (Å²) in [5.41, 5.74) is 6.26. The molecule has 1 amide bonds. The fourth-order valence-corrected chi connectivity index (χ4v) is 3.06. The van der Waals surface area contributed by atoms with E-state index in [1.807, 2.05) is 62.4 Å². The summed E-state index contributed by atoms with van der Waals surface area (Å²) in [5, 5.41) is 13.9. The van der Waals surface area contributed by atoms with Crippen LogP contribution in [0, 0.1) is 24.3 Å². The number of rotatable bonds is 7. The molecule has 7 heteroatoms. The number of halogens is 1.